The first kappa shape index (κ1) is 20.1. The first-order chi connectivity index (χ1) is 13.5. The summed E-state index contributed by atoms with van der Waals surface area (Å²) in [6, 6.07) is 7.99. The van der Waals surface area contributed by atoms with Crippen LogP contribution in [0.2, 0.25) is 0 Å². The molecule has 3 rings (SSSR count). The predicted octanol–water partition coefficient (Wildman–Crippen LogP) is 2.68. The highest BCUT2D eigenvalue weighted by molar-refractivity contribution is 5.75. The van der Waals surface area contributed by atoms with Gasteiger partial charge >= 0.3 is 6.03 Å². The van der Waals surface area contributed by atoms with Gasteiger partial charge in [-0.1, -0.05) is 17.3 Å². The normalized spacial score (nSPS) is 19.1. The molecule has 28 heavy (non-hydrogen) atoms. The van der Waals surface area contributed by atoms with E-state index in [4.69, 9.17) is 9.26 Å². The summed E-state index contributed by atoms with van der Waals surface area (Å²) in [6.45, 7) is 8.62. The number of amides is 2. The van der Waals surface area contributed by atoms with Crippen LogP contribution in [0.1, 0.15) is 36.7 Å². The summed E-state index contributed by atoms with van der Waals surface area (Å²) in [6.07, 6.45) is 0.609. The number of hydrogen-bond donors (Lipinski definition) is 1. The molecule has 0 bridgehead atoms. The van der Waals surface area contributed by atoms with Crippen molar-refractivity contribution < 1.29 is 14.1 Å². The van der Waals surface area contributed by atoms with E-state index < -0.39 is 0 Å². The van der Waals surface area contributed by atoms with Crippen LogP contribution in [0.4, 0.5) is 10.5 Å². The zero-order chi connectivity index (χ0) is 20.1. The molecule has 1 aromatic carbocycles. The second-order valence-electron chi connectivity index (χ2n) is 7.09. The highest BCUT2D eigenvalue weighted by Crippen LogP contribution is 2.32. The molecule has 152 valence electrons. The number of rotatable bonds is 7. The number of likely N-dealkylation sites (tertiary alicyclic amines) is 1. The minimum Gasteiger partial charge on any atom is -0.380 e. The third-order valence-electron chi connectivity index (χ3n) is 5.09. The molecule has 0 aliphatic carbocycles. The Morgan fingerprint density at radius 2 is 2.25 bits per heavy atom. The molecule has 0 saturated carbocycles. The van der Waals surface area contributed by atoms with Gasteiger partial charge in [0.2, 0.25) is 5.89 Å². The van der Waals surface area contributed by atoms with Gasteiger partial charge in [0.1, 0.15) is 6.04 Å². The van der Waals surface area contributed by atoms with E-state index in [1.54, 1.807) is 18.9 Å². The fourth-order valence-corrected chi connectivity index (χ4v) is 3.57. The lowest BCUT2D eigenvalue weighted by Gasteiger charge is -2.26. The van der Waals surface area contributed by atoms with Gasteiger partial charge in [-0.3, -0.25) is 0 Å². The molecule has 2 heterocycles. The van der Waals surface area contributed by atoms with Gasteiger partial charge in [0.05, 0.1) is 6.10 Å². The Hall–Kier alpha value is -2.61. The van der Waals surface area contributed by atoms with Crippen LogP contribution >= 0.6 is 0 Å². The summed E-state index contributed by atoms with van der Waals surface area (Å²) in [4.78, 5) is 21.1. The smallest absolute Gasteiger partial charge is 0.318 e. The molecule has 1 aliphatic rings. The van der Waals surface area contributed by atoms with Crippen molar-refractivity contribution in [3.8, 4) is 0 Å². The second kappa shape index (κ2) is 9.05. The zero-order valence-electron chi connectivity index (χ0n) is 17.0. The van der Waals surface area contributed by atoms with E-state index in [1.807, 2.05) is 0 Å². The Labute approximate surface area is 165 Å². The fraction of sp³-hybridized carbons (Fsp3) is 0.550. The fourth-order valence-electron chi connectivity index (χ4n) is 3.57. The number of urea groups is 1. The Morgan fingerprint density at radius 3 is 2.89 bits per heavy atom. The minimum absolute atomic E-state index is 0.0395. The molecule has 2 aromatic rings. The maximum atomic E-state index is 12.8. The predicted molar refractivity (Wildman–Crippen MR) is 106 cm³/mol. The van der Waals surface area contributed by atoms with Crippen molar-refractivity contribution in [1.29, 1.82) is 0 Å². The average Bonchev–Trinajstić information content (AvgIpc) is 3.31. The Kier molecular flexibility index (Phi) is 6.51. The van der Waals surface area contributed by atoms with Crippen molar-refractivity contribution in [1.82, 2.24) is 20.4 Å². The molecule has 1 aliphatic heterocycles. The standard InChI is InChI=1S/C20H29N5O3/c1-5-24(16-8-6-7-14(2)11-16)10-9-21-20(26)25-13-17(27-4)12-18(25)19-22-15(3)23-28-19/h6-8,11,17-18H,5,9-10,12-13H2,1-4H3,(H,21,26)/t17-,18+/m0/s1. The summed E-state index contributed by atoms with van der Waals surface area (Å²) in [7, 11) is 1.66. The van der Waals surface area contributed by atoms with Crippen LogP contribution < -0.4 is 10.2 Å². The number of ether oxygens (including phenoxy) is 1. The molecule has 8 nitrogen and oxygen atoms in total. The molecule has 1 aromatic heterocycles. The van der Waals surface area contributed by atoms with E-state index in [9.17, 15) is 4.79 Å². The van der Waals surface area contributed by atoms with Crippen LogP contribution in [-0.4, -0.2) is 60.5 Å². The Bertz CT molecular complexity index is 794. The maximum absolute atomic E-state index is 12.8. The Balaban J connectivity index is 1.59. The molecule has 0 spiro atoms. The number of methoxy groups -OCH3 is 1. The number of hydrogen-bond acceptors (Lipinski definition) is 6. The summed E-state index contributed by atoms with van der Waals surface area (Å²) < 4.78 is 10.8. The van der Waals surface area contributed by atoms with E-state index in [1.165, 1.54) is 5.56 Å². The summed E-state index contributed by atoms with van der Waals surface area (Å²) in [5.74, 6) is 1.02. The number of benzene rings is 1. The number of carbonyl (C=O) groups is 1. The van der Waals surface area contributed by atoms with Gasteiger partial charge in [0.25, 0.3) is 0 Å². The number of aromatic nitrogens is 2. The zero-order valence-corrected chi connectivity index (χ0v) is 17.0. The quantitative estimate of drug-likeness (QED) is 0.786. The third kappa shape index (κ3) is 4.62. The SMILES string of the molecule is CCN(CCNC(=O)N1C[C@@H](OC)C[C@@H]1c1nc(C)no1)c1cccc(C)c1. The van der Waals surface area contributed by atoms with Gasteiger partial charge in [-0.2, -0.15) is 4.98 Å². The number of nitrogens with zero attached hydrogens (tertiary/aromatic N) is 4. The first-order valence-electron chi connectivity index (χ1n) is 9.71. The number of anilines is 1. The van der Waals surface area contributed by atoms with E-state index in [-0.39, 0.29) is 18.2 Å². The lowest BCUT2D eigenvalue weighted by atomic mass is 10.2. The summed E-state index contributed by atoms with van der Waals surface area (Å²) in [5.41, 5.74) is 2.39. The van der Waals surface area contributed by atoms with Crippen LogP contribution in [0.5, 0.6) is 0 Å². The van der Waals surface area contributed by atoms with Crippen molar-refractivity contribution in [2.24, 2.45) is 0 Å². The van der Waals surface area contributed by atoms with Crippen molar-refractivity contribution >= 4 is 11.7 Å². The number of carbonyl (C=O) groups excluding carboxylic acids is 1. The van der Waals surface area contributed by atoms with Gasteiger partial charge in [-0.15, -0.1) is 0 Å². The van der Waals surface area contributed by atoms with Crippen LogP contribution in [0, 0.1) is 13.8 Å². The highest BCUT2D eigenvalue weighted by atomic mass is 16.5. The lowest BCUT2D eigenvalue weighted by molar-refractivity contribution is 0.110. The van der Waals surface area contributed by atoms with Crippen molar-refractivity contribution in [2.75, 3.05) is 38.2 Å². The van der Waals surface area contributed by atoms with Crippen LogP contribution in [-0.2, 0) is 4.74 Å². The van der Waals surface area contributed by atoms with E-state index >= 15 is 0 Å². The average molecular weight is 387 g/mol. The molecule has 8 heteroatoms. The Morgan fingerprint density at radius 1 is 1.43 bits per heavy atom. The molecular weight excluding hydrogens is 358 g/mol. The number of aryl methyl sites for hydroxylation is 2. The monoisotopic (exact) mass is 387 g/mol. The summed E-state index contributed by atoms with van der Waals surface area (Å²) in [5, 5.41) is 6.88. The topological polar surface area (TPSA) is 83.7 Å². The highest BCUT2D eigenvalue weighted by Gasteiger charge is 2.39. The van der Waals surface area contributed by atoms with Crippen LogP contribution in [0.3, 0.4) is 0 Å². The van der Waals surface area contributed by atoms with Gasteiger partial charge in [0.15, 0.2) is 5.82 Å². The van der Waals surface area contributed by atoms with Gasteiger partial charge in [0, 0.05) is 45.4 Å². The molecule has 0 unspecified atom stereocenters. The van der Waals surface area contributed by atoms with E-state index in [0.717, 1.165) is 18.8 Å². The van der Waals surface area contributed by atoms with Crippen LogP contribution in [0.15, 0.2) is 28.8 Å². The summed E-state index contributed by atoms with van der Waals surface area (Å²) >= 11 is 0. The van der Waals surface area contributed by atoms with Gasteiger partial charge in [-0.25, -0.2) is 4.79 Å². The van der Waals surface area contributed by atoms with Gasteiger partial charge < -0.3 is 24.4 Å². The minimum atomic E-state index is -0.259. The molecule has 1 fully saturated rings. The second-order valence-corrected chi connectivity index (χ2v) is 7.09. The van der Waals surface area contributed by atoms with Crippen molar-refractivity contribution in [3.05, 3.63) is 41.5 Å². The maximum Gasteiger partial charge on any atom is 0.318 e. The van der Waals surface area contributed by atoms with Crippen molar-refractivity contribution in [2.45, 2.75) is 39.3 Å². The van der Waals surface area contributed by atoms with E-state index in [2.05, 4.69) is 58.5 Å². The molecule has 1 saturated heterocycles. The van der Waals surface area contributed by atoms with Crippen molar-refractivity contribution in [3.63, 3.8) is 0 Å². The van der Waals surface area contributed by atoms with E-state index in [0.29, 0.717) is 31.2 Å². The molecular formula is C20H29N5O3. The lowest BCUT2D eigenvalue weighted by Crippen LogP contribution is -2.43. The number of likely N-dealkylation sites (N-methyl/N-ethyl adjacent to an activating group) is 1. The molecule has 1 N–H and O–H groups in total. The van der Waals surface area contributed by atoms with Crippen LogP contribution in [0.25, 0.3) is 0 Å². The van der Waals surface area contributed by atoms with Gasteiger partial charge in [-0.05, 0) is 38.5 Å². The third-order valence-corrected chi connectivity index (χ3v) is 5.09. The molecule has 2 atom stereocenters. The molecule has 0 radical (unpaired) electrons. The largest absolute Gasteiger partial charge is 0.380 e. The number of nitrogens with one attached hydrogen (secondary N) is 1. The first-order valence-corrected chi connectivity index (χ1v) is 9.71. The molecule has 2 amide bonds.